The van der Waals surface area contributed by atoms with Crippen LogP contribution < -0.4 is 0 Å². The normalized spacial score (nSPS) is 9.00. The predicted octanol–water partition coefficient (Wildman–Crippen LogP) is 3.15. The van der Waals surface area contributed by atoms with Gasteiger partial charge in [-0.15, -0.1) is 5.73 Å². The molecule has 0 aromatic carbocycles. The first kappa shape index (κ1) is 8.52. The van der Waals surface area contributed by atoms with E-state index in [1.165, 1.54) is 5.57 Å². The first-order chi connectivity index (χ1) is 4.16. The summed E-state index contributed by atoms with van der Waals surface area (Å²) in [5, 5.41) is 0. The molecule has 0 nitrogen and oxygen atoms in total. The minimum atomic E-state index is 0.631. The van der Waals surface area contributed by atoms with Crippen molar-refractivity contribution in [3.8, 4) is 0 Å². The molecule has 0 aromatic rings. The Bertz CT molecular complexity index is 123. The standard InChI is InChI=1S/C9H16/c1-5-9(4)7-6-8(2)3/h6,8H,5H2,1-4H3. The maximum absolute atomic E-state index is 3.22. The lowest BCUT2D eigenvalue weighted by Crippen LogP contribution is -1.75. The van der Waals surface area contributed by atoms with Crippen LogP contribution in [0, 0.1) is 5.92 Å². The molecule has 9 heavy (non-hydrogen) atoms. The zero-order valence-corrected chi connectivity index (χ0v) is 6.86. The Balaban J connectivity index is 3.91. The summed E-state index contributed by atoms with van der Waals surface area (Å²) in [6, 6.07) is 0. The average molecular weight is 124 g/mol. The zero-order chi connectivity index (χ0) is 7.28. The van der Waals surface area contributed by atoms with Crippen LogP contribution >= 0.6 is 0 Å². The van der Waals surface area contributed by atoms with E-state index in [9.17, 15) is 0 Å². The number of rotatable bonds is 2. The molecule has 0 saturated heterocycles. The van der Waals surface area contributed by atoms with Gasteiger partial charge < -0.3 is 0 Å². The van der Waals surface area contributed by atoms with E-state index >= 15 is 0 Å². The molecule has 0 N–H and O–H groups in total. The van der Waals surface area contributed by atoms with Crippen LogP contribution in [0.5, 0.6) is 0 Å². The van der Waals surface area contributed by atoms with Gasteiger partial charge in [-0.25, -0.2) is 0 Å². The van der Waals surface area contributed by atoms with Crippen molar-refractivity contribution in [2.45, 2.75) is 34.1 Å². The van der Waals surface area contributed by atoms with E-state index in [0.29, 0.717) is 5.92 Å². The minimum absolute atomic E-state index is 0.631. The highest BCUT2D eigenvalue weighted by Crippen LogP contribution is 1.97. The molecule has 0 aliphatic rings. The van der Waals surface area contributed by atoms with E-state index in [1.54, 1.807) is 0 Å². The Labute approximate surface area is 58.3 Å². The molecular formula is C9H16. The van der Waals surface area contributed by atoms with E-state index in [2.05, 4.69) is 39.5 Å². The third-order valence-corrected chi connectivity index (χ3v) is 1.19. The van der Waals surface area contributed by atoms with Crippen LogP contribution in [0.15, 0.2) is 17.4 Å². The van der Waals surface area contributed by atoms with E-state index in [0.717, 1.165) is 6.42 Å². The quantitative estimate of drug-likeness (QED) is 0.496. The summed E-state index contributed by atoms with van der Waals surface area (Å²) in [5.41, 5.74) is 4.56. The van der Waals surface area contributed by atoms with Crippen LogP contribution in [-0.2, 0) is 0 Å². The molecule has 0 amide bonds. The maximum atomic E-state index is 3.22. The molecule has 0 fully saturated rings. The largest absolute Gasteiger partial charge is 0.126 e. The second kappa shape index (κ2) is 4.40. The second-order valence-corrected chi connectivity index (χ2v) is 2.69. The maximum Gasteiger partial charge on any atom is -0.0214 e. The van der Waals surface area contributed by atoms with E-state index in [-0.39, 0.29) is 0 Å². The number of hydrogen-bond acceptors (Lipinski definition) is 0. The zero-order valence-electron chi connectivity index (χ0n) is 6.86. The van der Waals surface area contributed by atoms with Gasteiger partial charge in [-0.3, -0.25) is 0 Å². The molecule has 0 spiro atoms. The van der Waals surface area contributed by atoms with Crippen molar-refractivity contribution in [3.05, 3.63) is 17.4 Å². The van der Waals surface area contributed by atoms with E-state index in [4.69, 9.17) is 0 Å². The van der Waals surface area contributed by atoms with Crippen LogP contribution in [0.3, 0.4) is 0 Å². The van der Waals surface area contributed by atoms with Gasteiger partial charge in [0.25, 0.3) is 0 Å². The fourth-order valence-electron chi connectivity index (χ4n) is 0.411. The van der Waals surface area contributed by atoms with Crippen molar-refractivity contribution in [2.75, 3.05) is 0 Å². The molecule has 0 heterocycles. The monoisotopic (exact) mass is 124 g/mol. The smallest absolute Gasteiger partial charge is 0.0214 e. The number of hydrogen-bond donors (Lipinski definition) is 0. The van der Waals surface area contributed by atoms with Crippen molar-refractivity contribution >= 4 is 0 Å². The first-order valence-corrected chi connectivity index (χ1v) is 3.59. The molecule has 0 aliphatic carbocycles. The summed E-state index contributed by atoms with van der Waals surface area (Å²) < 4.78 is 0. The number of allylic oxidation sites excluding steroid dienone is 1. The van der Waals surface area contributed by atoms with Crippen LogP contribution in [-0.4, -0.2) is 0 Å². The third kappa shape index (κ3) is 5.39. The molecule has 0 saturated carbocycles. The van der Waals surface area contributed by atoms with Crippen LogP contribution in [0.1, 0.15) is 34.1 Å². The second-order valence-electron chi connectivity index (χ2n) is 2.69. The molecule has 0 bridgehead atoms. The Kier molecular flexibility index (Phi) is 4.17. The lowest BCUT2D eigenvalue weighted by atomic mass is 10.2. The molecule has 0 aromatic heterocycles. The highest BCUT2D eigenvalue weighted by Gasteiger charge is 1.81. The van der Waals surface area contributed by atoms with Gasteiger partial charge in [-0.2, -0.15) is 0 Å². The highest BCUT2D eigenvalue weighted by atomic mass is 13.9. The lowest BCUT2D eigenvalue weighted by molar-refractivity contribution is 0.831. The molecule has 0 rings (SSSR count). The summed E-state index contributed by atoms with van der Waals surface area (Å²) >= 11 is 0. The highest BCUT2D eigenvalue weighted by molar-refractivity contribution is 4.97. The van der Waals surface area contributed by atoms with Gasteiger partial charge in [0.05, 0.1) is 0 Å². The molecule has 0 radical (unpaired) electrons. The Morgan fingerprint density at radius 2 is 2.11 bits per heavy atom. The van der Waals surface area contributed by atoms with Gasteiger partial charge in [0.2, 0.25) is 0 Å². The first-order valence-electron chi connectivity index (χ1n) is 3.59. The van der Waals surface area contributed by atoms with E-state index < -0.39 is 0 Å². The molecule has 0 atom stereocenters. The minimum Gasteiger partial charge on any atom is -0.126 e. The Morgan fingerprint density at radius 3 is 2.44 bits per heavy atom. The van der Waals surface area contributed by atoms with Gasteiger partial charge in [0.15, 0.2) is 0 Å². The lowest BCUT2D eigenvalue weighted by Gasteiger charge is -1.89. The van der Waals surface area contributed by atoms with Gasteiger partial charge in [-0.05, 0) is 30.9 Å². The Hall–Kier alpha value is -0.480. The van der Waals surface area contributed by atoms with Gasteiger partial charge in [0.1, 0.15) is 0 Å². The fraction of sp³-hybridized carbons (Fsp3) is 0.667. The fourth-order valence-corrected chi connectivity index (χ4v) is 0.411. The summed E-state index contributed by atoms with van der Waals surface area (Å²) in [6.45, 7) is 8.58. The Morgan fingerprint density at radius 1 is 1.56 bits per heavy atom. The average Bonchev–Trinajstić information content (AvgIpc) is 1.83. The topological polar surface area (TPSA) is 0 Å². The van der Waals surface area contributed by atoms with Crippen molar-refractivity contribution in [1.82, 2.24) is 0 Å². The van der Waals surface area contributed by atoms with Crippen LogP contribution in [0.2, 0.25) is 0 Å². The van der Waals surface area contributed by atoms with Gasteiger partial charge in [-0.1, -0.05) is 20.8 Å². The molecular weight excluding hydrogens is 108 g/mol. The SMILES string of the molecule is CCC(C)=C=CC(C)C. The summed E-state index contributed by atoms with van der Waals surface area (Å²) in [4.78, 5) is 0. The van der Waals surface area contributed by atoms with Crippen LogP contribution in [0.25, 0.3) is 0 Å². The molecule has 0 aliphatic heterocycles. The van der Waals surface area contributed by atoms with E-state index in [1.807, 2.05) is 0 Å². The molecule has 52 valence electrons. The van der Waals surface area contributed by atoms with Crippen molar-refractivity contribution in [2.24, 2.45) is 5.92 Å². The molecule has 0 unspecified atom stereocenters. The van der Waals surface area contributed by atoms with Gasteiger partial charge in [0, 0.05) is 0 Å². The third-order valence-electron chi connectivity index (χ3n) is 1.19. The summed E-state index contributed by atoms with van der Waals surface area (Å²) in [7, 11) is 0. The summed E-state index contributed by atoms with van der Waals surface area (Å²) in [6.07, 6.45) is 3.22. The van der Waals surface area contributed by atoms with Gasteiger partial charge >= 0.3 is 0 Å². The van der Waals surface area contributed by atoms with Crippen molar-refractivity contribution < 1.29 is 0 Å². The van der Waals surface area contributed by atoms with Crippen molar-refractivity contribution in [1.29, 1.82) is 0 Å². The predicted molar refractivity (Wildman–Crippen MR) is 42.4 cm³/mol. The molecule has 0 heteroatoms. The van der Waals surface area contributed by atoms with Crippen molar-refractivity contribution in [3.63, 3.8) is 0 Å². The van der Waals surface area contributed by atoms with Crippen LogP contribution in [0.4, 0.5) is 0 Å². The summed E-state index contributed by atoms with van der Waals surface area (Å²) in [5.74, 6) is 0.631.